The van der Waals surface area contributed by atoms with Crippen LogP contribution in [0.1, 0.15) is 40.2 Å². The van der Waals surface area contributed by atoms with Crippen LogP contribution < -0.4 is 15.4 Å². The Bertz CT molecular complexity index is 775. The lowest BCUT2D eigenvalue weighted by atomic mass is 9.86. The molecule has 138 valence electrons. The van der Waals surface area contributed by atoms with Gasteiger partial charge >= 0.3 is 11.8 Å². The summed E-state index contributed by atoms with van der Waals surface area (Å²) in [5.41, 5.74) is 1.99. The molecule has 0 unspecified atom stereocenters. The molecule has 0 spiro atoms. The van der Waals surface area contributed by atoms with Crippen LogP contribution in [0.5, 0.6) is 5.75 Å². The van der Waals surface area contributed by atoms with Gasteiger partial charge in [-0.2, -0.15) is 0 Å². The standard InChI is InChI=1S/C21H26N2O3/c1-14(2)26-16-12-10-15(11-13-16)22-19(24)20(25)23-18-9-7-6-8-17(18)21(3,4)5/h6-14H,1-5H3,(H,22,24)(H,23,25). The Hall–Kier alpha value is -2.82. The molecule has 0 fully saturated rings. The predicted molar refractivity (Wildman–Crippen MR) is 105 cm³/mol. The highest BCUT2D eigenvalue weighted by atomic mass is 16.5. The van der Waals surface area contributed by atoms with E-state index in [0.717, 1.165) is 5.56 Å². The third-order valence-corrected chi connectivity index (χ3v) is 3.67. The third kappa shape index (κ3) is 5.34. The Labute approximate surface area is 154 Å². The minimum absolute atomic E-state index is 0.0732. The van der Waals surface area contributed by atoms with Gasteiger partial charge in [-0.15, -0.1) is 0 Å². The van der Waals surface area contributed by atoms with Crippen LogP contribution in [0.3, 0.4) is 0 Å². The first-order valence-corrected chi connectivity index (χ1v) is 8.65. The Morgan fingerprint density at radius 3 is 2.04 bits per heavy atom. The highest BCUT2D eigenvalue weighted by Gasteiger charge is 2.21. The molecule has 5 nitrogen and oxygen atoms in total. The zero-order valence-electron chi connectivity index (χ0n) is 15.9. The maximum atomic E-state index is 12.3. The van der Waals surface area contributed by atoms with Crippen LogP contribution >= 0.6 is 0 Å². The molecule has 0 aliphatic carbocycles. The molecule has 0 saturated heterocycles. The van der Waals surface area contributed by atoms with Crippen LogP contribution in [-0.4, -0.2) is 17.9 Å². The lowest BCUT2D eigenvalue weighted by Gasteiger charge is -2.22. The number of amides is 2. The van der Waals surface area contributed by atoms with Crippen molar-refractivity contribution in [2.24, 2.45) is 0 Å². The van der Waals surface area contributed by atoms with E-state index in [1.54, 1.807) is 30.3 Å². The molecule has 2 amide bonds. The molecular weight excluding hydrogens is 328 g/mol. The van der Waals surface area contributed by atoms with E-state index in [-0.39, 0.29) is 11.5 Å². The fraction of sp³-hybridized carbons (Fsp3) is 0.333. The summed E-state index contributed by atoms with van der Waals surface area (Å²) >= 11 is 0. The van der Waals surface area contributed by atoms with Crippen molar-refractivity contribution in [1.82, 2.24) is 0 Å². The Morgan fingerprint density at radius 1 is 0.885 bits per heavy atom. The molecule has 2 aromatic rings. The Balaban J connectivity index is 2.04. The average molecular weight is 354 g/mol. The van der Waals surface area contributed by atoms with Crippen LogP contribution in [0.2, 0.25) is 0 Å². The van der Waals surface area contributed by atoms with E-state index in [0.29, 0.717) is 17.1 Å². The molecule has 0 saturated carbocycles. The summed E-state index contributed by atoms with van der Waals surface area (Å²) < 4.78 is 5.55. The number of rotatable bonds is 4. The quantitative estimate of drug-likeness (QED) is 0.802. The van der Waals surface area contributed by atoms with Gasteiger partial charge in [-0.1, -0.05) is 39.0 Å². The number of carbonyl (C=O) groups is 2. The first-order chi connectivity index (χ1) is 12.2. The number of hydrogen-bond donors (Lipinski definition) is 2. The van der Waals surface area contributed by atoms with Gasteiger partial charge in [0.25, 0.3) is 0 Å². The van der Waals surface area contributed by atoms with Gasteiger partial charge in [-0.05, 0) is 55.2 Å². The first-order valence-electron chi connectivity index (χ1n) is 8.65. The largest absolute Gasteiger partial charge is 0.491 e. The molecule has 0 aromatic heterocycles. The van der Waals surface area contributed by atoms with Crippen LogP contribution in [0.15, 0.2) is 48.5 Å². The fourth-order valence-electron chi connectivity index (χ4n) is 2.50. The van der Waals surface area contributed by atoms with Gasteiger partial charge in [0.2, 0.25) is 0 Å². The Morgan fingerprint density at radius 2 is 1.46 bits per heavy atom. The van der Waals surface area contributed by atoms with E-state index < -0.39 is 11.8 Å². The van der Waals surface area contributed by atoms with Crippen molar-refractivity contribution in [2.45, 2.75) is 46.1 Å². The van der Waals surface area contributed by atoms with Crippen LogP contribution in [-0.2, 0) is 15.0 Å². The maximum absolute atomic E-state index is 12.3. The van der Waals surface area contributed by atoms with Gasteiger partial charge in [-0.25, -0.2) is 0 Å². The van der Waals surface area contributed by atoms with Gasteiger partial charge < -0.3 is 15.4 Å². The number of hydrogen-bond acceptors (Lipinski definition) is 3. The Kier molecular flexibility index (Phi) is 6.03. The number of ether oxygens (including phenoxy) is 1. The fourth-order valence-corrected chi connectivity index (χ4v) is 2.50. The predicted octanol–water partition coefficient (Wildman–Crippen LogP) is 4.35. The summed E-state index contributed by atoms with van der Waals surface area (Å²) in [7, 11) is 0. The van der Waals surface area contributed by atoms with Crippen LogP contribution in [0, 0.1) is 0 Å². The highest BCUT2D eigenvalue weighted by Crippen LogP contribution is 2.29. The summed E-state index contributed by atoms with van der Waals surface area (Å²) in [5, 5.41) is 5.29. The third-order valence-electron chi connectivity index (χ3n) is 3.67. The second kappa shape index (κ2) is 8.04. The molecule has 2 N–H and O–H groups in total. The molecular formula is C21H26N2O3. The monoisotopic (exact) mass is 354 g/mol. The molecule has 0 aliphatic rings. The van der Waals surface area contributed by atoms with Crippen molar-refractivity contribution in [2.75, 3.05) is 10.6 Å². The first kappa shape index (κ1) is 19.5. The molecule has 0 radical (unpaired) electrons. The number of carbonyl (C=O) groups excluding carboxylic acids is 2. The molecule has 5 heteroatoms. The average Bonchev–Trinajstić information content (AvgIpc) is 2.55. The number of benzene rings is 2. The molecule has 26 heavy (non-hydrogen) atoms. The van der Waals surface area contributed by atoms with Crippen molar-refractivity contribution >= 4 is 23.2 Å². The summed E-state index contributed by atoms with van der Waals surface area (Å²) in [6, 6.07) is 14.4. The van der Waals surface area contributed by atoms with E-state index in [1.807, 2.05) is 32.0 Å². The normalized spacial score (nSPS) is 11.2. The molecule has 0 atom stereocenters. The van der Waals surface area contributed by atoms with Crippen molar-refractivity contribution in [1.29, 1.82) is 0 Å². The summed E-state index contributed by atoms with van der Waals surface area (Å²) in [6.07, 6.45) is 0.0732. The van der Waals surface area contributed by atoms with Crippen LogP contribution in [0.4, 0.5) is 11.4 Å². The lowest BCUT2D eigenvalue weighted by molar-refractivity contribution is -0.133. The second-order valence-corrected chi connectivity index (χ2v) is 7.39. The molecule has 0 bridgehead atoms. The smallest absolute Gasteiger partial charge is 0.314 e. The minimum Gasteiger partial charge on any atom is -0.491 e. The summed E-state index contributed by atoms with van der Waals surface area (Å²) in [6.45, 7) is 10.0. The summed E-state index contributed by atoms with van der Waals surface area (Å²) in [4.78, 5) is 24.4. The van der Waals surface area contributed by atoms with Crippen molar-refractivity contribution < 1.29 is 14.3 Å². The molecule has 2 aromatic carbocycles. The number of para-hydroxylation sites is 1. The van der Waals surface area contributed by atoms with Gasteiger partial charge in [0.15, 0.2) is 0 Å². The van der Waals surface area contributed by atoms with Crippen molar-refractivity contribution in [3.8, 4) is 5.75 Å². The van der Waals surface area contributed by atoms with Gasteiger partial charge in [0.05, 0.1) is 6.10 Å². The number of nitrogens with one attached hydrogen (secondary N) is 2. The zero-order valence-corrected chi connectivity index (χ0v) is 15.9. The van der Waals surface area contributed by atoms with Crippen molar-refractivity contribution in [3.05, 3.63) is 54.1 Å². The van der Waals surface area contributed by atoms with Gasteiger partial charge in [0.1, 0.15) is 5.75 Å². The topological polar surface area (TPSA) is 67.4 Å². The van der Waals surface area contributed by atoms with Crippen LogP contribution in [0.25, 0.3) is 0 Å². The highest BCUT2D eigenvalue weighted by molar-refractivity contribution is 6.43. The maximum Gasteiger partial charge on any atom is 0.314 e. The SMILES string of the molecule is CC(C)Oc1ccc(NC(=O)C(=O)Nc2ccccc2C(C)(C)C)cc1. The van der Waals surface area contributed by atoms with E-state index >= 15 is 0 Å². The van der Waals surface area contributed by atoms with Crippen molar-refractivity contribution in [3.63, 3.8) is 0 Å². The molecule has 2 rings (SSSR count). The second-order valence-electron chi connectivity index (χ2n) is 7.39. The zero-order chi connectivity index (χ0) is 19.3. The van der Waals surface area contributed by atoms with E-state index in [9.17, 15) is 9.59 Å². The van der Waals surface area contributed by atoms with Gasteiger partial charge in [-0.3, -0.25) is 9.59 Å². The van der Waals surface area contributed by atoms with E-state index in [2.05, 4.69) is 31.4 Å². The molecule has 0 heterocycles. The van der Waals surface area contributed by atoms with Gasteiger partial charge in [0, 0.05) is 11.4 Å². The van der Waals surface area contributed by atoms with E-state index in [1.165, 1.54) is 0 Å². The summed E-state index contributed by atoms with van der Waals surface area (Å²) in [5.74, 6) is -0.711. The molecule has 0 aliphatic heterocycles. The minimum atomic E-state index is -0.716. The number of anilines is 2. The van der Waals surface area contributed by atoms with E-state index in [4.69, 9.17) is 4.74 Å². The lowest BCUT2D eigenvalue weighted by Crippen LogP contribution is -2.30.